The Hall–Kier alpha value is -3.68. The number of primary amides is 1. The maximum absolute atomic E-state index is 14.7. The summed E-state index contributed by atoms with van der Waals surface area (Å²) in [6.07, 6.45) is 1.52. The molecular formula is C19H16F2N4O2. The summed E-state index contributed by atoms with van der Waals surface area (Å²) in [5, 5.41) is 2.43. The predicted molar refractivity (Wildman–Crippen MR) is 96.9 cm³/mol. The van der Waals surface area contributed by atoms with E-state index in [1.54, 1.807) is 24.3 Å². The van der Waals surface area contributed by atoms with E-state index in [0.717, 1.165) is 0 Å². The Labute approximate surface area is 153 Å². The number of ether oxygens (including phenoxy) is 1. The first-order chi connectivity index (χ1) is 13.0. The van der Waals surface area contributed by atoms with Gasteiger partial charge in [0.05, 0.1) is 17.9 Å². The quantitative estimate of drug-likeness (QED) is 0.597. The number of pyridine rings is 1. The van der Waals surface area contributed by atoms with Crippen molar-refractivity contribution in [3.05, 3.63) is 72.1 Å². The van der Waals surface area contributed by atoms with Crippen LogP contribution in [0.15, 0.2) is 54.7 Å². The minimum atomic E-state index is -0.826. The van der Waals surface area contributed by atoms with E-state index in [0.29, 0.717) is 16.8 Å². The van der Waals surface area contributed by atoms with Gasteiger partial charge in [-0.25, -0.2) is 13.6 Å². The van der Waals surface area contributed by atoms with Crippen molar-refractivity contribution in [1.82, 2.24) is 10.3 Å². The summed E-state index contributed by atoms with van der Waals surface area (Å²) in [4.78, 5) is 15.2. The van der Waals surface area contributed by atoms with E-state index in [1.165, 1.54) is 30.5 Å². The Kier molecular flexibility index (Phi) is 5.16. The molecule has 0 saturated carbocycles. The molecular weight excluding hydrogens is 354 g/mol. The Balaban J connectivity index is 2.11. The Morgan fingerprint density at radius 1 is 1.07 bits per heavy atom. The summed E-state index contributed by atoms with van der Waals surface area (Å²) in [7, 11) is 0. The summed E-state index contributed by atoms with van der Waals surface area (Å²) in [5.41, 5.74) is 11.8. The van der Waals surface area contributed by atoms with Gasteiger partial charge in [0.25, 0.3) is 0 Å². The van der Waals surface area contributed by atoms with Crippen LogP contribution >= 0.6 is 0 Å². The second kappa shape index (κ2) is 7.69. The van der Waals surface area contributed by atoms with Gasteiger partial charge in [-0.3, -0.25) is 4.98 Å². The largest absolute Gasteiger partial charge is 0.450 e. The second-order valence-electron chi connectivity index (χ2n) is 5.59. The van der Waals surface area contributed by atoms with Crippen LogP contribution in [0.5, 0.6) is 11.5 Å². The standard InChI is InChI=1S/C19H16F2N4O2/c20-13-5-1-2-6-16(13)27-18-12(7-8-14(22)17(18)21)11-4-3-9-24-15(11)10-25-19(23)26/h1-9H,10,22H2,(H3,23,25,26). The first-order valence-electron chi connectivity index (χ1n) is 7.95. The molecule has 2 amide bonds. The first-order valence-corrected chi connectivity index (χ1v) is 7.95. The van der Waals surface area contributed by atoms with Crippen LogP contribution in [0, 0.1) is 11.6 Å². The normalized spacial score (nSPS) is 10.4. The molecule has 0 radical (unpaired) electrons. The lowest BCUT2D eigenvalue weighted by Gasteiger charge is -2.16. The number of halogens is 2. The number of para-hydroxylation sites is 1. The minimum Gasteiger partial charge on any atom is -0.450 e. The summed E-state index contributed by atoms with van der Waals surface area (Å²) >= 11 is 0. The van der Waals surface area contributed by atoms with Crippen LogP contribution in [-0.4, -0.2) is 11.0 Å². The molecule has 27 heavy (non-hydrogen) atoms. The van der Waals surface area contributed by atoms with Crippen molar-refractivity contribution >= 4 is 11.7 Å². The number of nitrogens with one attached hydrogen (secondary N) is 1. The fraction of sp³-hybridized carbons (Fsp3) is 0.0526. The van der Waals surface area contributed by atoms with Crippen molar-refractivity contribution < 1.29 is 18.3 Å². The molecule has 3 aromatic rings. The van der Waals surface area contributed by atoms with E-state index >= 15 is 0 Å². The van der Waals surface area contributed by atoms with Crippen LogP contribution < -0.4 is 21.5 Å². The van der Waals surface area contributed by atoms with Gasteiger partial charge in [-0.1, -0.05) is 18.2 Å². The molecule has 0 unspecified atom stereocenters. The number of rotatable bonds is 5. The number of aromatic nitrogens is 1. The lowest BCUT2D eigenvalue weighted by molar-refractivity contribution is 0.248. The monoisotopic (exact) mass is 370 g/mol. The third-order valence-corrected chi connectivity index (χ3v) is 3.79. The van der Waals surface area contributed by atoms with Crippen molar-refractivity contribution in [1.29, 1.82) is 0 Å². The molecule has 138 valence electrons. The number of carbonyl (C=O) groups excluding carboxylic acids is 1. The molecule has 0 aliphatic heterocycles. The fourth-order valence-electron chi connectivity index (χ4n) is 2.52. The lowest BCUT2D eigenvalue weighted by atomic mass is 10.0. The van der Waals surface area contributed by atoms with Crippen molar-refractivity contribution in [2.45, 2.75) is 6.54 Å². The highest BCUT2D eigenvalue weighted by molar-refractivity contribution is 5.76. The highest BCUT2D eigenvalue weighted by Gasteiger charge is 2.19. The third-order valence-electron chi connectivity index (χ3n) is 3.79. The third kappa shape index (κ3) is 3.95. The van der Waals surface area contributed by atoms with Gasteiger partial charge in [0.15, 0.2) is 23.1 Å². The zero-order chi connectivity index (χ0) is 19.4. The number of benzene rings is 2. The number of amides is 2. The van der Waals surface area contributed by atoms with Crippen LogP contribution in [0.1, 0.15) is 5.69 Å². The number of nitrogens with two attached hydrogens (primary N) is 2. The summed E-state index contributed by atoms with van der Waals surface area (Å²) in [6.45, 7) is 0.0244. The van der Waals surface area contributed by atoms with Gasteiger partial charge < -0.3 is 21.5 Å². The molecule has 1 aromatic heterocycles. The van der Waals surface area contributed by atoms with Crippen LogP contribution in [0.2, 0.25) is 0 Å². The van der Waals surface area contributed by atoms with E-state index in [-0.39, 0.29) is 23.7 Å². The molecule has 3 rings (SSSR count). The molecule has 0 bridgehead atoms. The molecule has 6 nitrogen and oxygen atoms in total. The zero-order valence-electron chi connectivity index (χ0n) is 14.1. The first kappa shape index (κ1) is 18.1. The molecule has 0 fully saturated rings. The van der Waals surface area contributed by atoms with Crippen molar-refractivity contribution in [2.24, 2.45) is 5.73 Å². The SMILES string of the molecule is NC(=O)NCc1ncccc1-c1ccc(N)c(F)c1Oc1ccccc1F. The van der Waals surface area contributed by atoms with Gasteiger partial charge in [-0.05, 0) is 30.3 Å². The minimum absolute atomic E-state index is 0.0244. The number of carbonyl (C=O) groups is 1. The molecule has 0 atom stereocenters. The van der Waals surface area contributed by atoms with Gasteiger partial charge >= 0.3 is 6.03 Å². The topological polar surface area (TPSA) is 103 Å². The predicted octanol–water partition coefficient (Wildman–Crippen LogP) is 3.57. The van der Waals surface area contributed by atoms with Crippen LogP contribution in [0.3, 0.4) is 0 Å². The van der Waals surface area contributed by atoms with Crippen LogP contribution in [0.25, 0.3) is 11.1 Å². The van der Waals surface area contributed by atoms with Gasteiger partial charge in [-0.15, -0.1) is 0 Å². The van der Waals surface area contributed by atoms with E-state index in [2.05, 4.69) is 10.3 Å². The van der Waals surface area contributed by atoms with Gasteiger partial charge in [-0.2, -0.15) is 0 Å². The molecule has 0 spiro atoms. The number of nitrogens with zero attached hydrogens (tertiary/aromatic N) is 1. The number of urea groups is 1. The Bertz CT molecular complexity index is 995. The van der Waals surface area contributed by atoms with Gasteiger partial charge in [0, 0.05) is 17.3 Å². The summed E-state index contributed by atoms with van der Waals surface area (Å²) < 4.78 is 34.2. The molecule has 2 aromatic carbocycles. The van der Waals surface area contributed by atoms with E-state index < -0.39 is 17.7 Å². The Morgan fingerprint density at radius 2 is 1.85 bits per heavy atom. The van der Waals surface area contributed by atoms with E-state index in [4.69, 9.17) is 16.2 Å². The number of anilines is 1. The average molecular weight is 370 g/mol. The summed E-state index contributed by atoms with van der Waals surface area (Å²) in [5.74, 6) is -1.86. The lowest BCUT2D eigenvalue weighted by Crippen LogP contribution is -2.29. The fourth-order valence-corrected chi connectivity index (χ4v) is 2.52. The maximum atomic E-state index is 14.7. The molecule has 0 aliphatic carbocycles. The van der Waals surface area contributed by atoms with Gasteiger partial charge in [0.1, 0.15) is 0 Å². The van der Waals surface area contributed by atoms with Crippen LogP contribution in [-0.2, 0) is 6.54 Å². The number of hydrogen-bond donors (Lipinski definition) is 3. The highest BCUT2D eigenvalue weighted by Crippen LogP contribution is 2.39. The molecule has 5 N–H and O–H groups in total. The highest BCUT2D eigenvalue weighted by atomic mass is 19.1. The van der Waals surface area contributed by atoms with E-state index in [9.17, 15) is 13.6 Å². The molecule has 0 saturated heterocycles. The van der Waals surface area contributed by atoms with Gasteiger partial charge in [0.2, 0.25) is 0 Å². The Morgan fingerprint density at radius 3 is 2.59 bits per heavy atom. The van der Waals surface area contributed by atoms with Crippen molar-refractivity contribution in [3.8, 4) is 22.6 Å². The second-order valence-corrected chi connectivity index (χ2v) is 5.59. The van der Waals surface area contributed by atoms with E-state index in [1.807, 2.05) is 0 Å². The summed E-state index contributed by atoms with van der Waals surface area (Å²) in [6, 6.07) is 11.1. The zero-order valence-corrected chi connectivity index (χ0v) is 14.1. The average Bonchev–Trinajstić information content (AvgIpc) is 2.66. The molecule has 0 aliphatic rings. The smallest absolute Gasteiger partial charge is 0.312 e. The molecule has 8 heteroatoms. The maximum Gasteiger partial charge on any atom is 0.312 e. The van der Waals surface area contributed by atoms with Crippen molar-refractivity contribution in [3.63, 3.8) is 0 Å². The van der Waals surface area contributed by atoms with Crippen LogP contribution in [0.4, 0.5) is 19.3 Å². The number of hydrogen-bond acceptors (Lipinski definition) is 4. The molecule has 1 heterocycles. The van der Waals surface area contributed by atoms with Crippen molar-refractivity contribution in [2.75, 3.05) is 5.73 Å². The number of nitrogen functional groups attached to an aromatic ring is 1.